The summed E-state index contributed by atoms with van der Waals surface area (Å²) in [5.41, 5.74) is 2.90. The Labute approximate surface area is 230 Å². The molecule has 0 spiro atoms. The van der Waals surface area contributed by atoms with Gasteiger partial charge in [-0.25, -0.2) is 0 Å². The van der Waals surface area contributed by atoms with E-state index in [0.29, 0.717) is 21.8 Å². The van der Waals surface area contributed by atoms with E-state index in [-0.39, 0.29) is 22.9 Å². The lowest BCUT2D eigenvalue weighted by Crippen LogP contribution is -2.33. The first-order valence-corrected chi connectivity index (χ1v) is 13.1. The van der Waals surface area contributed by atoms with E-state index in [1.165, 1.54) is 0 Å². The highest BCUT2D eigenvalue weighted by atomic mass is 32.2. The molecular weight excluding hydrogens is 520 g/mol. The van der Waals surface area contributed by atoms with Crippen molar-refractivity contribution in [2.75, 3.05) is 13.6 Å². The van der Waals surface area contributed by atoms with Crippen LogP contribution < -0.4 is 4.74 Å². The van der Waals surface area contributed by atoms with E-state index < -0.39 is 18.4 Å². The zero-order valence-electron chi connectivity index (χ0n) is 20.9. The monoisotopic (exact) mass is 546 g/mol. The molecule has 1 heterocycles. The van der Waals surface area contributed by atoms with Gasteiger partial charge in [-0.05, 0) is 41.8 Å². The second kappa shape index (κ2) is 12.1. The number of carbonyl (C=O) groups excluding carboxylic acids is 2. The Morgan fingerprint density at radius 2 is 1.74 bits per heavy atom. The highest BCUT2D eigenvalue weighted by Crippen LogP contribution is 2.34. The van der Waals surface area contributed by atoms with Crippen molar-refractivity contribution in [3.63, 3.8) is 0 Å². The van der Waals surface area contributed by atoms with Gasteiger partial charge in [0.15, 0.2) is 0 Å². The van der Waals surface area contributed by atoms with Gasteiger partial charge >= 0.3 is 5.97 Å². The maximum absolute atomic E-state index is 13.7. The molecule has 1 N–H and O–H groups in total. The molecule has 2 amide bonds. The third-order valence-electron chi connectivity index (χ3n) is 6.12. The van der Waals surface area contributed by atoms with Crippen LogP contribution in [0.4, 0.5) is 0 Å². The quantitative estimate of drug-likeness (QED) is 0.285. The van der Waals surface area contributed by atoms with Gasteiger partial charge in [-0.15, -0.1) is 0 Å². The van der Waals surface area contributed by atoms with Crippen molar-refractivity contribution >= 4 is 52.2 Å². The Morgan fingerprint density at radius 1 is 1.08 bits per heavy atom. The van der Waals surface area contributed by atoms with Gasteiger partial charge in [-0.1, -0.05) is 90.7 Å². The van der Waals surface area contributed by atoms with E-state index >= 15 is 0 Å². The van der Waals surface area contributed by atoms with Crippen LogP contribution >= 0.6 is 24.0 Å². The summed E-state index contributed by atoms with van der Waals surface area (Å²) < 4.78 is 6.25. The molecule has 9 heteroatoms. The lowest BCUT2D eigenvalue weighted by atomic mass is 10.0. The zero-order chi connectivity index (χ0) is 27.2. The molecule has 1 unspecified atom stereocenters. The number of thiocarbonyl (C=S) groups is 1. The third kappa shape index (κ3) is 6.30. The number of hydrogen-bond donors (Lipinski definition) is 1. The molecule has 7 nitrogen and oxygen atoms in total. The highest BCUT2D eigenvalue weighted by molar-refractivity contribution is 8.26. The Hall–Kier alpha value is -3.95. The van der Waals surface area contributed by atoms with Crippen LogP contribution in [0.25, 0.3) is 6.08 Å². The minimum absolute atomic E-state index is 0.180. The number of ether oxygens (including phenoxy) is 1. The summed E-state index contributed by atoms with van der Waals surface area (Å²) in [5.74, 6) is -1.44. The molecule has 0 bridgehead atoms. The van der Waals surface area contributed by atoms with E-state index in [1.54, 1.807) is 36.2 Å². The van der Waals surface area contributed by atoms with Gasteiger partial charge in [0.25, 0.3) is 11.8 Å². The fourth-order valence-corrected chi connectivity index (χ4v) is 5.16. The molecule has 194 valence electrons. The SMILES string of the molecule is CC(c1ccccc1)N(C)C(=O)c1cc(/C=C2\SC(=S)N(CC(=O)O)C2=O)ccc1OCc1ccccc1. The van der Waals surface area contributed by atoms with Crippen molar-refractivity contribution in [1.29, 1.82) is 0 Å². The lowest BCUT2D eigenvalue weighted by molar-refractivity contribution is -0.140. The number of carbonyl (C=O) groups is 3. The molecule has 3 aromatic rings. The average molecular weight is 547 g/mol. The first-order valence-electron chi connectivity index (χ1n) is 11.8. The van der Waals surface area contributed by atoms with Gasteiger partial charge < -0.3 is 14.7 Å². The molecule has 1 fully saturated rings. The lowest BCUT2D eigenvalue weighted by Gasteiger charge is -2.26. The molecular formula is C29H26N2O5S2. The molecule has 0 aliphatic carbocycles. The predicted octanol–water partition coefficient (Wildman–Crippen LogP) is 5.38. The number of carboxylic acid groups (broad SMARTS) is 1. The number of rotatable bonds is 9. The largest absolute Gasteiger partial charge is 0.488 e. The van der Waals surface area contributed by atoms with Crippen LogP contribution in [0.1, 0.15) is 40.0 Å². The molecule has 4 rings (SSSR count). The van der Waals surface area contributed by atoms with Crippen LogP contribution in [0, 0.1) is 0 Å². The molecule has 0 saturated carbocycles. The van der Waals surface area contributed by atoms with E-state index in [1.807, 2.05) is 67.6 Å². The van der Waals surface area contributed by atoms with Crippen molar-refractivity contribution in [2.45, 2.75) is 19.6 Å². The second-order valence-corrected chi connectivity index (χ2v) is 10.4. The predicted molar refractivity (Wildman–Crippen MR) is 152 cm³/mol. The van der Waals surface area contributed by atoms with Crippen molar-refractivity contribution in [3.05, 3.63) is 106 Å². The molecule has 1 saturated heterocycles. The number of amides is 2. The van der Waals surface area contributed by atoms with Crippen LogP contribution in [0.5, 0.6) is 5.75 Å². The van der Waals surface area contributed by atoms with Crippen LogP contribution in [0.3, 0.4) is 0 Å². The van der Waals surface area contributed by atoms with E-state index in [9.17, 15) is 14.4 Å². The standard InChI is InChI=1S/C29H26N2O5S2/c1-19(22-11-7-4-8-12-22)30(2)27(34)23-15-21(13-14-24(23)36-18-20-9-5-3-6-10-20)16-25-28(35)31(17-26(32)33)29(37)38-25/h3-16,19H,17-18H2,1-2H3,(H,32,33)/b25-16-. The van der Waals surface area contributed by atoms with Gasteiger partial charge in [-0.2, -0.15) is 0 Å². The van der Waals surface area contributed by atoms with E-state index in [2.05, 4.69) is 0 Å². The Kier molecular flexibility index (Phi) is 8.60. The van der Waals surface area contributed by atoms with E-state index in [0.717, 1.165) is 27.8 Å². The Balaban J connectivity index is 1.66. The van der Waals surface area contributed by atoms with Gasteiger partial charge in [0.05, 0.1) is 16.5 Å². The number of nitrogens with zero attached hydrogens (tertiary/aromatic N) is 2. The first-order chi connectivity index (χ1) is 18.2. The van der Waals surface area contributed by atoms with Crippen molar-refractivity contribution in [1.82, 2.24) is 9.80 Å². The third-order valence-corrected chi connectivity index (χ3v) is 7.50. The van der Waals surface area contributed by atoms with Gasteiger partial charge in [-0.3, -0.25) is 19.3 Å². The average Bonchev–Trinajstić information content (AvgIpc) is 3.18. The topological polar surface area (TPSA) is 87.2 Å². The summed E-state index contributed by atoms with van der Waals surface area (Å²) >= 11 is 6.22. The highest BCUT2D eigenvalue weighted by Gasteiger charge is 2.33. The summed E-state index contributed by atoms with van der Waals surface area (Å²) in [6.07, 6.45) is 1.61. The molecule has 3 aromatic carbocycles. The van der Waals surface area contributed by atoms with Crippen LogP contribution in [-0.2, 0) is 16.2 Å². The fraction of sp³-hybridized carbons (Fsp3) is 0.172. The molecule has 1 atom stereocenters. The number of carboxylic acids is 1. The van der Waals surface area contributed by atoms with Crippen LogP contribution in [-0.4, -0.2) is 50.6 Å². The molecule has 1 aliphatic rings. The smallest absolute Gasteiger partial charge is 0.323 e. The second-order valence-electron chi connectivity index (χ2n) is 8.69. The van der Waals surface area contributed by atoms with Crippen molar-refractivity contribution in [3.8, 4) is 5.75 Å². The summed E-state index contributed by atoms with van der Waals surface area (Å²) in [7, 11) is 1.74. The number of hydrogen-bond acceptors (Lipinski definition) is 6. The fourth-order valence-electron chi connectivity index (χ4n) is 3.91. The number of benzene rings is 3. The minimum Gasteiger partial charge on any atom is -0.488 e. The summed E-state index contributed by atoms with van der Waals surface area (Å²) in [6, 6.07) is 24.3. The summed E-state index contributed by atoms with van der Waals surface area (Å²) in [5, 5.41) is 9.09. The molecule has 0 radical (unpaired) electrons. The van der Waals surface area contributed by atoms with E-state index in [4.69, 9.17) is 22.1 Å². The van der Waals surface area contributed by atoms with Gasteiger partial charge in [0.1, 0.15) is 23.2 Å². The van der Waals surface area contributed by atoms with Crippen molar-refractivity contribution < 1.29 is 24.2 Å². The van der Waals surface area contributed by atoms with Crippen LogP contribution in [0.15, 0.2) is 83.8 Å². The summed E-state index contributed by atoms with van der Waals surface area (Å²) in [4.78, 5) is 40.6. The maximum Gasteiger partial charge on any atom is 0.323 e. The number of aliphatic carboxylic acids is 1. The normalized spacial score (nSPS) is 15.0. The Morgan fingerprint density at radius 3 is 2.39 bits per heavy atom. The maximum atomic E-state index is 13.7. The first kappa shape index (κ1) is 27.1. The summed E-state index contributed by atoms with van der Waals surface area (Å²) in [6.45, 7) is 1.74. The minimum atomic E-state index is -1.15. The van der Waals surface area contributed by atoms with Crippen molar-refractivity contribution in [2.24, 2.45) is 0 Å². The Bertz CT molecular complexity index is 1390. The molecule has 1 aliphatic heterocycles. The van der Waals surface area contributed by atoms with Gasteiger partial charge in [0, 0.05) is 7.05 Å². The molecule has 0 aromatic heterocycles. The number of thioether (sulfide) groups is 1. The molecule has 38 heavy (non-hydrogen) atoms. The van der Waals surface area contributed by atoms with Crippen LogP contribution in [0.2, 0.25) is 0 Å². The van der Waals surface area contributed by atoms with Gasteiger partial charge in [0.2, 0.25) is 0 Å². The zero-order valence-corrected chi connectivity index (χ0v) is 22.5.